The Labute approximate surface area is 354 Å². The molecule has 2 aromatic heterocycles. The molecule has 11 aromatic rings. The number of para-hydroxylation sites is 3. The van der Waals surface area contributed by atoms with Crippen molar-refractivity contribution in [3.05, 3.63) is 231 Å². The molecule has 0 saturated heterocycles. The zero-order valence-electron chi connectivity index (χ0n) is 33.2. The Bertz CT molecular complexity index is 3280. The summed E-state index contributed by atoms with van der Waals surface area (Å²) in [5.74, 6) is 1.88. The molecule has 0 unspecified atom stereocenters. The van der Waals surface area contributed by atoms with Gasteiger partial charge < -0.3 is 4.57 Å². The van der Waals surface area contributed by atoms with Gasteiger partial charge in [0.05, 0.1) is 16.7 Å². The Morgan fingerprint density at radius 2 is 0.656 bits per heavy atom. The van der Waals surface area contributed by atoms with Crippen LogP contribution in [0.15, 0.2) is 231 Å². The largest absolute Gasteiger partial charge is 0.309 e. The minimum Gasteiger partial charge on any atom is -0.309 e. The Kier molecular flexibility index (Phi) is 9.14. The number of rotatable bonds is 8. The number of hydrogen-bond donors (Lipinski definition) is 0. The second-order valence-corrected chi connectivity index (χ2v) is 15.2. The van der Waals surface area contributed by atoms with Crippen LogP contribution in [0.5, 0.6) is 0 Å². The average molecular weight is 779 g/mol. The van der Waals surface area contributed by atoms with Crippen LogP contribution in [0.25, 0.3) is 106 Å². The lowest BCUT2D eigenvalue weighted by Crippen LogP contribution is -2.01. The number of aromatic nitrogens is 4. The number of fused-ring (bicyclic) bond motifs is 3. The van der Waals surface area contributed by atoms with Gasteiger partial charge in [-0.15, -0.1) is 0 Å². The zero-order valence-corrected chi connectivity index (χ0v) is 33.2. The molecule has 4 nitrogen and oxygen atoms in total. The van der Waals surface area contributed by atoms with Crippen molar-refractivity contribution in [3.63, 3.8) is 0 Å². The van der Waals surface area contributed by atoms with Gasteiger partial charge in [0.15, 0.2) is 17.5 Å². The van der Waals surface area contributed by atoms with Crippen molar-refractivity contribution in [1.82, 2.24) is 19.5 Å². The molecule has 0 atom stereocenters. The molecular formula is C57H38N4. The fourth-order valence-electron chi connectivity index (χ4n) is 8.52. The summed E-state index contributed by atoms with van der Waals surface area (Å²) >= 11 is 0. The summed E-state index contributed by atoms with van der Waals surface area (Å²) in [4.78, 5) is 15.4. The molecule has 0 fully saturated rings. The first-order chi connectivity index (χ1) is 30.2. The number of benzene rings is 9. The second kappa shape index (κ2) is 15.5. The molecule has 0 aliphatic carbocycles. The van der Waals surface area contributed by atoms with Gasteiger partial charge in [0.25, 0.3) is 0 Å². The van der Waals surface area contributed by atoms with E-state index in [1.165, 1.54) is 27.4 Å². The summed E-state index contributed by atoms with van der Waals surface area (Å²) in [5, 5.41) is 2.51. The molecule has 286 valence electrons. The van der Waals surface area contributed by atoms with E-state index in [-0.39, 0.29) is 0 Å². The number of nitrogens with zero attached hydrogens (tertiary/aromatic N) is 4. The van der Waals surface area contributed by atoms with Gasteiger partial charge in [-0.3, -0.25) is 0 Å². The van der Waals surface area contributed by atoms with E-state index in [9.17, 15) is 0 Å². The fourth-order valence-corrected chi connectivity index (χ4v) is 8.52. The van der Waals surface area contributed by atoms with Gasteiger partial charge in [-0.25, -0.2) is 15.0 Å². The lowest BCUT2D eigenvalue weighted by molar-refractivity contribution is 1.07. The van der Waals surface area contributed by atoms with Crippen LogP contribution < -0.4 is 0 Å². The maximum atomic E-state index is 5.16. The van der Waals surface area contributed by atoms with Crippen LogP contribution in [0.4, 0.5) is 0 Å². The normalized spacial score (nSPS) is 11.3. The molecule has 11 rings (SSSR count). The highest BCUT2D eigenvalue weighted by molar-refractivity contribution is 6.09. The van der Waals surface area contributed by atoms with E-state index in [2.05, 4.69) is 217 Å². The maximum Gasteiger partial charge on any atom is 0.164 e. The van der Waals surface area contributed by atoms with Crippen molar-refractivity contribution < 1.29 is 0 Å². The molecule has 0 N–H and O–H groups in total. The topological polar surface area (TPSA) is 43.6 Å². The predicted octanol–water partition coefficient (Wildman–Crippen LogP) is 14.6. The van der Waals surface area contributed by atoms with Gasteiger partial charge in [-0.2, -0.15) is 0 Å². The van der Waals surface area contributed by atoms with E-state index in [0.29, 0.717) is 17.5 Å². The molecule has 4 heteroatoms. The van der Waals surface area contributed by atoms with Crippen LogP contribution in [0.1, 0.15) is 0 Å². The van der Waals surface area contributed by atoms with E-state index < -0.39 is 0 Å². The van der Waals surface area contributed by atoms with Crippen LogP contribution in [0.3, 0.4) is 0 Å². The standard InChI is InChI=1S/C57H38N4/c1-3-16-39(17-4-1)45-20-15-21-46(38-45)56-58-55(59-57(60-56)51-26-8-7-22-47(51)42-18-5-2-6-19-42)44-36-32-41(33-37-44)40-30-34-43(35-31-40)48-23-9-12-27-52(48)61-53-28-13-10-24-49(53)50-25-11-14-29-54(50)61/h1-38H. The van der Waals surface area contributed by atoms with E-state index >= 15 is 0 Å². The van der Waals surface area contributed by atoms with Crippen molar-refractivity contribution in [3.8, 4) is 84.4 Å². The summed E-state index contributed by atoms with van der Waals surface area (Å²) in [5.41, 5.74) is 15.4. The Morgan fingerprint density at radius 1 is 0.246 bits per heavy atom. The zero-order chi connectivity index (χ0) is 40.5. The van der Waals surface area contributed by atoms with Crippen LogP contribution >= 0.6 is 0 Å². The molecule has 0 saturated carbocycles. The van der Waals surface area contributed by atoms with E-state index in [4.69, 9.17) is 15.0 Å². The van der Waals surface area contributed by atoms with Crippen LogP contribution in [-0.2, 0) is 0 Å². The van der Waals surface area contributed by atoms with E-state index in [1.807, 2.05) is 18.2 Å². The van der Waals surface area contributed by atoms with Gasteiger partial charge in [-0.05, 0) is 63.2 Å². The summed E-state index contributed by atoms with van der Waals surface area (Å²) in [7, 11) is 0. The van der Waals surface area contributed by atoms with Gasteiger partial charge >= 0.3 is 0 Å². The highest BCUT2D eigenvalue weighted by Crippen LogP contribution is 2.38. The quantitative estimate of drug-likeness (QED) is 0.154. The maximum absolute atomic E-state index is 5.16. The third-order valence-corrected chi connectivity index (χ3v) is 11.5. The Morgan fingerprint density at radius 3 is 1.31 bits per heavy atom. The lowest BCUT2D eigenvalue weighted by atomic mass is 9.98. The van der Waals surface area contributed by atoms with Crippen molar-refractivity contribution in [2.75, 3.05) is 0 Å². The Balaban J connectivity index is 0.958. The van der Waals surface area contributed by atoms with Crippen molar-refractivity contribution in [2.24, 2.45) is 0 Å². The van der Waals surface area contributed by atoms with Gasteiger partial charge in [-0.1, -0.05) is 206 Å². The average Bonchev–Trinajstić information content (AvgIpc) is 3.69. The SMILES string of the molecule is c1ccc(-c2cccc(-c3nc(-c4ccc(-c5ccc(-c6ccccc6-n6c7ccccc7c7ccccc76)cc5)cc4)nc(-c4ccccc4-c4ccccc4)n3)c2)cc1. The highest BCUT2D eigenvalue weighted by atomic mass is 15.0. The molecule has 0 aliphatic heterocycles. The lowest BCUT2D eigenvalue weighted by Gasteiger charge is -2.14. The van der Waals surface area contributed by atoms with E-state index in [0.717, 1.165) is 61.3 Å². The van der Waals surface area contributed by atoms with Crippen LogP contribution in [0.2, 0.25) is 0 Å². The molecule has 9 aromatic carbocycles. The van der Waals surface area contributed by atoms with Crippen molar-refractivity contribution in [2.45, 2.75) is 0 Å². The third-order valence-electron chi connectivity index (χ3n) is 11.5. The first kappa shape index (κ1) is 35.9. The Hall–Kier alpha value is -8.21. The molecule has 61 heavy (non-hydrogen) atoms. The smallest absolute Gasteiger partial charge is 0.164 e. The van der Waals surface area contributed by atoms with E-state index in [1.54, 1.807) is 0 Å². The first-order valence-electron chi connectivity index (χ1n) is 20.6. The molecular weight excluding hydrogens is 741 g/mol. The van der Waals surface area contributed by atoms with Gasteiger partial charge in [0.1, 0.15) is 0 Å². The molecule has 0 amide bonds. The first-order valence-corrected chi connectivity index (χ1v) is 20.6. The summed E-state index contributed by atoms with van der Waals surface area (Å²) in [6, 6.07) is 81.1. The van der Waals surface area contributed by atoms with Crippen molar-refractivity contribution >= 4 is 21.8 Å². The minimum atomic E-state index is 0.622. The molecule has 0 radical (unpaired) electrons. The minimum absolute atomic E-state index is 0.622. The monoisotopic (exact) mass is 778 g/mol. The summed E-state index contributed by atoms with van der Waals surface area (Å²) in [6.45, 7) is 0. The third kappa shape index (κ3) is 6.76. The molecule has 2 heterocycles. The summed E-state index contributed by atoms with van der Waals surface area (Å²) < 4.78 is 2.39. The van der Waals surface area contributed by atoms with Gasteiger partial charge in [0.2, 0.25) is 0 Å². The second-order valence-electron chi connectivity index (χ2n) is 15.2. The van der Waals surface area contributed by atoms with Gasteiger partial charge in [0, 0.05) is 33.0 Å². The fraction of sp³-hybridized carbons (Fsp3) is 0. The van der Waals surface area contributed by atoms with Crippen LogP contribution in [-0.4, -0.2) is 19.5 Å². The molecule has 0 spiro atoms. The van der Waals surface area contributed by atoms with Crippen molar-refractivity contribution in [1.29, 1.82) is 0 Å². The molecule has 0 bridgehead atoms. The molecule has 0 aliphatic rings. The summed E-state index contributed by atoms with van der Waals surface area (Å²) in [6.07, 6.45) is 0. The number of hydrogen-bond acceptors (Lipinski definition) is 3. The highest BCUT2D eigenvalue weighted by Gasteiger charge is 2.18. The van der Waals surface area contributed by atoms with Crippen LogP contribution in [0, 0.1) is 0 Å². The predicted molar refractivity (Wildman–Crippen MR) is 252 cm³/mol.